The predicted octanol–water partition coefficient (Wildman–Crippen LogP) is 2.62. The Morgan fingerprint density at radius 1 is 1.05 bits per heavy atom. The van der Waals surface area contributed by atoms with Crippen molar-refractivity contribution in [2.75, 3.05) is 0 Å². The predicted molar refractivity (Wildman–Crippen MR) is 80.3 cm³/mol. The van der Waals surface area contributed by atoms with Crippen molar-refractivity contribution in [1.29, 1.82) is 0 Å². The van der Waals surface area contributed by atoms with Crippen LogP contribution >= 0.6 is 0 Å². The Kier molecular flexibility index (Phi) is 4.20. The third-order valence-electron chi connectivity index (χ3n) is 2.86. The van der Waals surface area contributed by atoms with E-state index in [9.17, 15) is 8.42 Å². The number of aryl methyl sites for hydroxylation is 2. The average Bonchev–Trinajstić information content (AvgIpc) is 2.42. The van der Waals surface area contributed by atoms with Gasteiger partial charge in [-0.3, -0.25) is 0 Å². The zero-order valence-electron chi connectivity index (χ0n) is 11.4. The Labute approximate surface area is 119 Å². The molecular formula is C15H16N2O2S. The summed E-state index contributed by atoms with van der Waals surface area (Å²) in [5, 5.41) is 3.82. The number of rotatable bonds is 4. The summed E-state index contributed by atoms with van der Waals surface area (Å²) >= 11 is 0. The first-order valence-electron chi connectivity index (χ1n) is 6.16. The van der Waals surface area contributed by atoms with Crippen molar-refractivity contribution in [3.63, 3.8) is 0 Å². The van der Waals surface area contributed by atoms with Gasteiger partial charge in [-0.25, -0.2) is 4.83 Å². The molecule has 0 aliphatic carbocycles. The Bertz CT molecular complexity index is 723. The van der Waals surface area contributed by atoms with Gasteiger partial charge in [0.05, 0.1) is 11.1 Å². The number of hydrazone groups is 1. The van der Waals surface area contributed by atoms with Gasteiger partial charge >= 0.3 is 0 Å². The molecule has 104 valence electrons. The van der Waals surface area contributed by atoms with Crippen molar-refractivity contribution in [3.8, 4) is 0 Å². The highest BCUT2D eigenvalue weighted by molar-refractivity contribution is 7.89. The molecule has 0 unspecified atom stereocenters. The lowest BCUT2D eigenvalue weighted by molar-refractivity contribution is 0.584. The normalized spacial score (nSPS) is 11.7. The summed E-state index contributed by atoms with van der Waals surface area (Å²) < 4.78 is 23.9. The molecule has 20 heavy (non-hydrogen) atoms. The molecule has 0 aliphatic rings. The molecule has 0 radical (unpaired) electrons. The number of nitrogens with one attached hydrogen (secondary N) is 1. The molecule has 2 rings (SSSR count). The summed E-state index contributed by atoms with van der Waals surface area (Å²) in [4.78, 5) is 2.40. The molecule has 5 heteroatoms. The summed E-state index contributed by atoms with van der Waals surface area (Å²) in [6.45, 7) is 3.96. The van der Waals surface area contributed by atoms with Gasteiger partial charge in [-0.05, 0) is 37.1 Å². The standard InChI is InChI=1S/C15H16N2O2S/c1-12-8-9-14(13(2)10-12)11-16-17-20(18,19)15-6-4-3-5-7-15/h3-11,17H,1-2H3/b16-11-. The molecule has 0 atom stereocenters. The minimum absolute atomic E-state index is 0.192. The Balaban J connectivity index is 2.14. The van der Waals surface area contributed by atoms with Gasteiger partial charge in [0, 0.05) is 0 Å². The minimum Gasteiger partial charge on any atom is -0.200 e. The van der Waals surface area contributed by atoms with Crippen LogP contribution in [0, 0.1) is 13.8 Å². The van der Waals surface area contributed by atoms with Crippen molar-refractivity contribution in [1.82, 2.24) is 4.83 Å². The molecule has 0 saturated heterocycles. The molecule has 0 fully saturated rings. The molecule has 2 aromatic carbocycles. The summed E-state index contributed by atoms with van der Waals surface area (Å²) in [7, 11) is -3.60. The van der Waals surface area contributed by atoms with E-state index in [4.69, 9.17) is 0 Å². The van der Waals surface area contributed by atoms with Crippen LogP contribution in [-0.2, 0) is 10.0 Å². The van der Waals surface area contributed by atoms with E-state index in [0.29, 0.717) is 0 Å². The molecule has 4 nitrogen and oxygen atoms in total. The van der Waals surface area contributed by atoms with Crippen molar-refractivity contribution < 1.29 is 8.42 Å². The first-order valence-corrected chi connectivity index (χ1v) is 7.64. The maximum absolute atomic E-state index is 11.9. The highest BCUT2D eigenvalue weighted by Crippen LogP contribution is 2.09. The van der Waals surface area contributed by atoms with Crippen LogP contribution in [0.3, 0.4) is 0 Å². The van der Waals surface area contributed by atoms with Gasteiger partial charge in [0.15, 0.2) is 0 Å². The van der Waals surface area contributed by atoms with E-state index in [2.05, 4.69) is 9.93 Å². The fourth-order valence-electron chi connectivity index (χ4n) is 1.79. The van der Waals surface area contributed by atoms with Crippen molar-refractivity contribution in [2.45, 2.75) is 18.7 Å². The quantitative estimate of drug-likeness (QED) is 0.694. The molecule has 0 aromatic heterocycles. The van der Waals surface area contributed by atoms with Crippen molar-refractivity contribution >= 4 is 16.2 Å². The van der Waals surface area contributed by atoms with E-state index in [1.807, 2.05) is 32.0 Å². The van der Waals surface area contributed by atoms with Crippen LogP contribution in [0.25, 0.3) is 0 Å². The van der Waals surface area contributed by atoms with Gasteiger partial charge in [0.2, 0.25) is 0 Å². The molecular weight excluding hydrogens is 272 g/mol. The lowest BCUT2D eigenvalue weighted by atomic mass is 10.1. The van der Waals surface area contributed by atoms with Gasteiger partial charge < -0.3 is 0 Å². The summed E-state index contributed by atoms with van der Waals surface area (Å²) in [5.41, 5.74) is 3.09. The van der Waals surface area contributed by atoms with Gasteiger partial charge in [-0.2, -0.15) is 13.5 Å². The van der Waals surface area contributed by atoms with E-state index in [0.717, 1.165) is 16.7 Å². The monoisotopic (exact) mass is 288 g/mol. The van der Waals surface area contributed by atoms with Gasteiger partial charge in [0.1, 0.15) is 0 Å². The van der Waals surface area contributed by atoms with E-state index in [-0.39, 0.29) is 4.90 Å². The second-order valence-corrected chi connectivity index (χ2v) is 6.19. The third kappa shape index (κ3) is 3.45. The fraction of sp³-hybridized carbons (Fsp3) is 0.133. The lowest BCUT2D eigenvalue weighted by Crippen LogP contribution is -2.18. The summed E-state index contributed by atoms with van der Waals surface area (Å²) in [5.74, 6) is 0. The van der Waals surface area contributed by atoms with Crippen LogP contribution in [0.4, 0.5) is 0 Å². The van der Waals surface area contributed by atoms with Crippen LogP contribution < -0.4 is 4.83 Å². The first-order chi connectivity index (χ1) is 9.49. The molecule has 0 aliphatic heterocycles. The number of hydrogen-bond acceptors (Lipinski definition) is 3. The maximum atomic E-state index is 11.9. The largest absolute Gasteiger partial charge is 0.276 e. The molecule has 1 N–H and O–H groups in total. The summed E-state index contributed by atoms with van der Waals surface area (Å²) in [6, 6.07) is 14.0. The molecule has 2 aromatic rings. The number of hydrogen-bond donors (Lipinski definition) is 1. The Morgan fingerprint density at radius 3 is 2.40 bits per heavy atom. The van der Waals surface area contributed by atoms with Crippen LogP contribution in [0.2, 0.25) is 0 Å². The number of benzene rings is 2. The van der Waals surface area contributed by atoms with E-state index in [1.165, 1.54) is 18.3 Å². The van der Waals surface area contributed by atoms with Crippen LogP contribution in [0.15, 0.2) is 58.5 Å². The minimum atomic E-state index is -3.60. The maximum Gasteiger partial charge on any atom is 0.276 e. The van der Waals surface area contributed by atoms with E-state index in [1.54, 1.807) is 18.2 Å². The molecule has 0 saturated carbocycles. The van der Waals surface area contributed by atoms with Gasteiger partial charge in [-0.15, -0.1) is 0 Å². The zero-order valence-corrected chi connectivity index (χ0v) is 12.2. The van der Waals surface area contributed by atoms with Gasteiger partial charge in [0.25, 0.3) is 10.0 Å². The Morgan fingerprint density at radius 2 is 1.75 bits per heavy atom. The molecule has 0 heterocycles. The molecule has 0 spiro atoms. The van der Waals surface area contributed by atoms with E-state index >= 15 is 0 Å². The van der Waals surface area contributed by atoms with Crippen LogP contribution in [0.1, 0.15) is 16.7 Å². The van der Waals surface area contributed by atoms with Crippen LogP contribution in [0.5, 0.6) is 0 Å². The van der Waals surface area contributed by atoms with Gasteiger partial charge in [-0.1, -0.05) is 42.0 Å². The number of nitrogens with zero attached hydrogens (tertiary/aromatic N) is 1. The van der Waals surface area contributed by atoms with Crippen molar-refractivity contribution in [2.24, 2.45) is 5.10 Å². The SMILES string of the molecule is Cc1ccc(/C=N\NS(=O)(=O)c2ccccc2)c(C)c1. The topological polar surface area (TPSA) is 58.5 Å². The first kappa shape index (κ1) is 14.3. The smallest absolute Gasteiger partial charge is 0.200 e. The fourth-order valence-corrected chi connectivity index (χ4v) is 2.60. The second kappa shape index (κ2) is 5.88. The highest BCUT2D eigenvalue weighted by Gasteiger charge is 2.10. The Hall–Kier alpha value is -2.14. The molecule has 0 bridgehead atoms. The van der Waals surface area contributed by atoms with Crippen LogP contribution in [-0.4, -0.2) is 14.6 Å². The van der Waals surface area contributed by atoms with E-state index < -0.39 is 10.0 Å². The third-order valence-corrected chi connectivity index (χ3v) is 4.09. The number of sulfonamides is 1. The second-order valence-electron chi connectivity index (χ2n) is 4.53. The highest BCUT2D eigenvalue weighted by atomic mass is 32.2. The lowest BCUT2D eigenvalue weighted by Gasteiger charge is -2.04. The summed E-state index contributed by atoms with van der Waals surface area (Å²) in [6.07, 6.45) is 1.51. The average molecular weight is 288 g/mol. The molecule has 0 amide bonds. The zero-order chi connectivity index (χ0) is 14.6. The van der Waals surface area contributed by atoms with Crippen molar-refractivity contribution in [3.05, 3.63) is 65.2 Å².